The predicted molar refractivity (Wildman–Crippen MR) is 111 cm³/mol. The van der Waals surface area contributed by atoms with Crippen LogP contribution in [0.3, 0.4) is 0 Å². The highest BCUT2D eigenvalue weighted by Gasteiger charge is 2.24. The Morgan fingerprint density at radius 1 is 1.03 bits per heavy atom. The van der Waals surface area contributed by atoms with Crippen LogP contribution in [0.5, 0.6) is 0 Å². The minimum absolute atomic E-state index is 0.0898. The molecule has 5 heteroatoms. The highest BCUT2D eigenvalue weighted by molar-refractivity contribution is 6.07. The van der Waals surface area contributed by atoms with Gasteiger partial charge in [0.05, 0.1) is 22.5 Å². The molecule has 2 aromatic carbocycles. The highest BCUT2D eigenvalue weighted by atomic mass is 19.1. The van der Waals surface area contributed by atoms with E-state index < -0.39 is 0 Å². The maximum atomic E-state index is 14.0. The lowest BCUT2D eigenvalue weighted by Crippen LogP contribution is -2.36. The first-order valence-corrected chi connectivity index (χ1v) is 9.68. The molecule has 2 aromatic heterocycles. The van der Waals surface area contributed by atoms with E-state index in [1.165, 1.54) is 23.3 Å². The average molecular weight is 385 g/mol. The van der Waals surface area contributed by atoms with Crippen LogP contribution in [0.1, 0.15) is 21.5 Å². The van der Waals surface area contributed by atoms with Gasteiger partial charge in [0.2, 0.25) is 0 Å². The summed E-state index contributed by atoms with van der Waals surface area (Å²) in [5, 5.41) is 0.548. The van der Waals surface area contributed by atoms with E-state index in [2.05, 4.69) is 17.1 Å². The van der Waals surface area contributed by atoms with Crippen molar-refractivity contribution in [2.24, 2.45) is 7.05 Å². The number of nitrogens with zero attached hydrogens (tertiary/aromatic N) is 3. The van der Waals surface area contributed by atoms with Gasteiger partial charge in [-0.1, -0.05) is 24.3 Å². The van der Waals surface area contributed by atoms with Crippen molar-refractivity contribution in [3.8, 4) is 11.4 Å². The standard InChI is InChI=1S/C24H20FN3O/c1-27-11-4-7-23(27)22-14-20(19-13-18(25)8-9-21(19)26-22)24(29)28-12-10-16-5-2-3-6-17(16)15-28/h2-9,11,13-14H,10,12,15H2,1H3. The molecular formula is C24H20FN3O. The molecular weight excluding hydrogens is 365 g/mol. The number of carbonyl (C=O) groups is 1. The second-order valence-corrected chi connectivity index (χ2v) is 7.47. The molecule has 29 heavy (non-hydrogen) atoms. The number of aromatic nitrogens is 2. The highest BCUT2D eigenvalue weighted by Crippen LogP contribution is 2.28. The lowest BCUT2D eigenvalue weighted by atomic mass is 9.98. The van der Waals surface area contributed by atoms with Crippen LogP contribution in [0.25, 0.3) is 22.3 Å². The van der Waals surface area contributed by atoms with Crippen molar-refractivity contribution in [2.45, 2.75) is 13.0 Å². The Balaban J connectivity index is 1.62. The van der Waals surface area contributed by atoms with Gasteiger partial charge in [0.15, 0.2) is 0 Å². The molecule has 144 valence electrons. The fraction of sp³-hybridized carbons (Fsp3) is 0.167. The third kappa shape index (κ3) is 3.09. The number of halogens is 1. The molecule has 0 saturated carbocycles. The van der Waals surface area contributed by atoms with Crippen LogP contribution in [0.2, 0.25) is 0 Å². The van der Waals surface area contributed by atoms with Crippen molar-refractivity contribution in [3.63, 3.8) is 0 Å². The van der Waals surface area contributed by atoms with E-state index in [4.69, 9.17) is 0 Å². The van der Waals surface area contributed by atoms with Gasteiger partial charge in [0.1, 0.15) is 5.82 Å². The summed E-state index contributed by atoms with van der Waals surface area (Å²) in [6.07, 6.45) is 2.76. The summed E-state index contributed by atoms with van der Waals surface area (Å²) in [4.78, 5) is 20.0. The van der Waals surface area contributed by atoms with E-state index in [9.17, 15) is 9.18 Å². The molecule has 0 radical (unpaired) electrons. The molecule has 0 atom stereocenters. The van der Waals surface area contributed by atoms with Crippen molar-refractivity contribution in [1.29, 1.82) is 0 Å². The Labute approximate surface area is 168 Å². The monoisotopic (exact) mass is 385 g/mol. The maximum Gasteiger partial charge on any atom is 0.254 e. The number of hydrogen-bond acceptors (Lipinski definition) is 2. The third-order valence-electron chi connectivity index (χ3n) is 5.63. The van der Waals surface area contributed by atoms with E-state index in [-0.39, 0.29) is 11.7 Å². The quantitative estimate of drug-likeness (QED) is 0.507. The zero-order valence-electron chi connectivity index (χ0n) is 16.1. The van der Waals surface area contributed by atoms with Crippen LogP contribution >= 0.6 is 0 Å². The number of aryl methyl sites for hydroxylation is 1. The van der Waals surface area contributed by atoms with Crippen LogP contribution in [-0.2, 0) is 20.0 Å². The van der Waals surface area contributed by atoms with Crippen molar-refractivity contribution < 1.29 is 9.18 Å². The Hall–Kier alpha value is -3.47. The fourth-order valence-corrected chi connectivity index (χ4v) is 4.07. The molecule has 4 nitrogen and oxygen atoms in total. The summed E-state index contributed by atoms with van der Waals surface area (Å²) in [5.41, 5.74) is 5.17. The lowest BCUT2D eigenvalue weighted by molar-refractivity contribution is 0.0736. The molecule has 0 bridgehead atoms. The molecule has 1 aliphatic heterocycles. The molecule has 5 rings (SSSR count). The van der Waals surface area contributed by atoms with E-state index in [1.54, 1.807) is 12.1 Å². The van der Waals surface area contributed by atoms with Gasteiger partial charge in [-0.05, 0) is 53.9 Å². The van der Waals surface area contributed by atoms with Crippen LogP contribution in [0, 0.1) is 5.82 Å². The number of rotatable bonds is 2. The third-order valence-corrected chi connectivity index (χ3v) is 5.63. The molecule has 0 spiro atoms. The van der Waals surface area contributed by atoms with Crippen LogP contribution in [0.15, 0.2) is 66.9 Å². The van der Waals surface area contributed by atoms with Gasteiger partial charge >= 0.3 is 0 Å². The summed E-state index contributed by atoms with van der Waals surface area (Å²) in [7, 11) is 1.94. The molecule has 0 unspecified atom stereocenters. The van der Waals surface area contributed by atoms with Crippen molar-refractivity contribution in [2.75, 3.05) is 6.54 Å². The van der Waals surface area contributed by atoms with Gasteiger partial charge in [0, 0.05) is 31.7 Å². The van der Waals surface area contributed by atoms with Gasteiger partial charge in [-0.2, -0.15) is 0 Å². The summed E-state index contributed by atoms with van der Waals surface area (Å²) in [6.45, 7) is 1.21. The minimum atomic E-state index is -0.371. The van der Waals surface area contributed by atoms with Gasteiger partial charge in [-0.25, -0.2) is 9.37 Å². The molecule has 1 amide bonds. The van der Waals surface area contributed by atoms with E-state index in [1.807, 2.05) is 47.0 Å². The normalized spacial score (nSPS) is 13.5. The summed E-state index contributed by atoms with van der Waals surface area (Å²) in [5.74, 6) is -0.461. The van der Waals surface area contributed by atoms with Crippen molar-refractivity contribution >= 4 is 16.8 Å². The molecule has 0 N–H and O–H groups in total. The van der Waals surface area contributed by atoms with Gasteiger partial charge in [-0.3, -0.25) is 4.79 Å². The largest absolute Gasteiger partial charge is 0.349 e. The van der Waals surface area contributed by atoms with Gasteiger partial charge < -0.3 is 9.47 Å². The first-order chi connectivity index (χ1) is 14.1. The first-order valence-electron chi connectivity index (χ1n) is 9.68. The molecule has 3 heterocycles. The zero-order chi connectivity index (χ0) is 20.0. The Kier molecular flexibility index (Phi) is 4.16. The Morgan fingerprint density at radius 2 is 1.86 bits per heavy atom. The van der Waals surface area contributed by atoms with E-state index in [0.29, 0.717) is 35.2 Å². The number of fused-ring (bicyclic) bond motifs is 2. The summed E-state index contributed by atoms with van der Waals surface area (Å²) in [6, 6.07) is 18.3. The topological polar surface area (TPSA) is 38.1 Å². The van der Waals surface area contributed by atoms with Crippen LogP contribution in [-0.4, -0.2) is 26.9 Å². The Morgan fingerprint density at radius 3 is 2.66 bits per heavy atom. The smallest absolute Gasteiger partial charge is 0.254 e. The summed E-state index contributed by atoms with van der Waals surface area (Å²) >= 11 is 0. The predicted octanol–water partition coefficient (Wildman–Crippen LogP) is 4.58. The number of hydrogen-bond donors (Lipinski definition) is 0. The molecule has 0 aliphatic carbocycles. The number of amides is 1. The van der Waals surface area contributed by atoms with Crippen molar-refractivity contribution in [1.82, 2.24) is 14.5 Å². The first kappa shape index (κ1) is 17.6. The fourth-order valence-electron chi connectivity index (χ4n) is 4.07. The number of benzene rings is 2. The zero-order valence-corrected chi connectivity index (χ0v) is 16.1. The van der Waals surface area contributed by atoms with E-state index in [0.717, 1.165) is 12.1 Å². The van der Waals surface area contributed by atoms with Gasteiger partial charge in [-0.15, -0.1) is 0 Å². The van der Waals surface area contributed by atoms with Crippen LogP contribution < -0.4 is 0 Å². The molecule has 1 aliphatic rings. The molecule has 0 fully saturated rings. The SMILES string of the molecule is Cn1cccc1-c1cc(C(=O)N2CCc3ccccc3C2)c2cc(F)ccc2n1. The number of carbonyl (C=O) groups excluding carboxylic acids is 1. The average Bonchev–Trinajstić information content (AvgIpc) is 3.18. The second-order valence-electron chi connectivity index (χ2n) is 7.47. The van der Waals surface area contributed by atoms with E-state index >= 15 is 0 Å². The van der Waals surface area contributed by atoms with Crippen LogP contribution in [0.4, 0.5) is 4.39 Å². The van der Waals surface area contributed by atoms with Gasteiger partial charge in [0.25, 0.3) is 5.91 Å². The maximum absolute atomic E-state index is 14.0. The lowest BCUT2D eigenvalue weighted by Gasteiger charge is -2.29. The number of pyridine rings is 1. The summed E-state index contributed by atoms with van der Waals surface area (Å²) < 4.78 is 16.0. The Bertz CT molecular complexity index is 1240. The molecule has 0 saturated heterocycles. The second kappa shape index (κ2) is 6.85. The minimum Gasteiger partial charge on any atom is -0.349 e. The van der Waals surface area contributed by atoms with Crippen molar-refractivity contribution in [3.05, 3.63) is 89.4 Å². The molecule has 4 aromatic rings.